The third kappa shape index (κ3) is 5.31. The van der Waals surface area contributed by atoms with E-state index in [-0.39, 0.29) is 24.0 Å². The Balaban J connectivity index is 0.00000225. The third-order valence-corrected chi connectivity index (χ3v) is 5.06. The van der Waals surface area contributed by atoms with E-state index in [1.165, 1.54) is 25.7 Å². The van der Waals surface area contributed by atoms with Crippen molar-refractivity contribution in [2.45, 2.75) is 66.0 Å². The molecular formula is C18H33IN6. The molecule has 6 nitrogen and oxygen atoms in total. The van der Waals surface area contributed by atoms with E-state index >= 15 is 0 Å². The minimum Gasteiger partial charge on any atom is -0.357 e. The lowest BCUT2D eigenvalue weighted by atomic mass is 9.92. The molecule has 7 heteroatoms. The SMILES string of the molecule is CCNC(=NCc1nnc2n1CCCCC2)N1CC(C)CC(C)C1.I. The van der Waals surface area contributed by atoms with E-state index in [4.69, 9.17) is 4.99 Å². The first-order valence-corrected chi connectivity index (χ1v) is 9.61. The summed E-state index contributed by atoms with van der Waals surface area (Å²) in [6.07, 6.45) is 6.11. The molecule has 3 rings (SSSR count). The van der Waals surface area contributed by atoms with Crippen LogP contribution >= 0.6 is 24.0 Å². The van der Waals surface area contributed by atoms with Crippen molar-refractivity contribution in [3.8, 4) is 0 Å². The fourth-order valence-electron chi connectivity index (χ4n) is 4.07. The molecular weight excluding hydrogens is 427 g/mol. The van der Waals surface area contributed by atoms with Crippen LogP contribution in [-0.2, 0) is 19.5 Å². The Bertz CT molecular complexity index is 560. The zero-order valence-electron chi connectivity index (χ0n) is 15.9. The normalized spacial score (nSPS) is 24.3. The van der Waals surface area contributed by atoms with E-state index < -0.39 is 0 Å². The number of aliphatic imine (C=N–C) groups is 1. The van der Waals surface area contributed by atoms with Crippen molar-refractivity contribution in [1.82, 2.24) is 25.0 Å². The number of aryl methyl sites for hydroxylation is 1. The summed E-state index contributed by atoms with van der Waals surface area (Å²) in [4.78, 5) is 7.31. The maximum atomic E-state index is 4.90. The summed E-state index contributed by atoms with van der Waals surface area (Å²) < 4.78 is 2.29. The van der Waals surface area contributed by atoms with Gasteiger partial charge in [-0.15, -0.1) is 34.2 Å². The molecule has 0 saturated carbocycles. The quantitative estimate of drug-likeness (QED) is 0.428. The highest BCUT2D eigenvalue weighted by molar-refractivity contribution is 14.0. The second-order valence-corrected chi connectivity index (χ2v) is 7.52. The Morgan fingerprint density at radius 2 is 1.92 bits per heavy atom. The number of hydrogen-bond donors (Lipinski definition) is 1. The fourth-order valence-corrected chi connectivity index (χ4v) is 4.07. The molecule has 1 aromatic rings. The third-order valence-electron chi connectivity index (χ3n) is 5.06. The van der Waals surface area contributed by atoms with E-state index in [0.29, 0.717) is 6.54 Å². The molecule has 0 bridgehead atoms. The lowest BCUT2D eigenvalue weighted by Crippen LogP contribution is -2.48. The molecule has 1 fully saturated rings. The first-order chi connectivity index (χ1) is 11.7. The van der Waals surface area contributed by atoms with Crippen LogP contribution in [0.15, 0.2) is 4.99 Å². The number of likely N-dealkylation sites (tertiary alicyclic amines) is 1. The number of rotatable bonds is 3. The van der Waals surface area contributed by atoms with Crippen LogP contribution < -0.4 is 5.32 Å². The lowest BCUT2D eigenvalue weighted by molar-refractivity contribution is 0.208. The maximum absolute atomic E-state index is 4.90. The Hall–Kier alpha value is -0.860. The highest BCUT2D eigenvalue weighted by Gasteiger charge is 2.24. The van der Waals surface area contributed by atoms with Gasteiger partial charge >= 0.3 is 0 Å². The topological polar surface area (TPSA) is 58.3 Å². The van der Waals surface area contributed by atoms with Crippen molar-refractivity contribution in [2.24, 2.45) is 16.8 Å². The van der Waals surface area contributed by atoms with Gasteiger partial charge in [-0.2, -0.15) is 0 Å². The second-order valence-electron chi connectivity index (χ2n) is 7.52. The Labute approximate surface area is 168 Å². The molecule has 2 unspecified atom stereocenters. The number of aromatic nitrogens is 3. The minimum atomic E-state index is 0. The average molecular weight is 460 g/mol. The number of hydrogen-bond acceptors (Lipinski definition) is 3. The number of fused-ring (bicyclic) bond motifs is 1. The predicted octanol–water partition coefficient (Wildman–Crippen LogP) is 3.07. The molecule has 1 N–H and O–H groups in total. The van der Waals surface area contributed by atoms with Gasteiger partial charge in [0, 0.05) is 32.6 Å². The van der Waals surface area contributed by atoms with Crippen molar-refractivity contribution in [3.05, 3.63) is 11.6 Å². The zero-order chi connectivity index (χ0) is 16.9. The van der Waals surface area contributed by atoms with Gasteiger partial charge in [-0.05, 0) is 38.0 Å². The molecule has 2 atom stereocenters. The largest absolute Gasteiger partial charge is 0.357 e. The van der Waals surface area contributed by atoms with Crippen molar-refractivity contribution < 1.29 is 0 Å². The van der Waals surface area contributed by atoms with Crippen molar-refractivity contribution in [2.75, 3.05) is 19.6 Å². The Kier molecular flexibility index (Phi) is 7.96. The van der Waals surface area contributed by atoms with Crippen LogP contribution in [0.25, 0.3) is 0 Å². The van der Waals surface area contributed by atoms with Gasteiger partial charge in [-0.3, -0.25) is 0 Å². The molecule has 0 aliphatic carbocycles. The number of piperidine rings is 1. The van der Waals surface area contributed by atoms with E-state index in [0.717, 1.165) is 62.0 Å². The van der Waals surface area contributed by atoms with Gasteiger partial charge in [0.25, 0.3) is 0 Å². The van der Waals surface area contributed by atoms with Crippen molar-refractivity contribution in [3.63, 3.8) is 0 Å². The van der Waals surface area contributed by atoms with Crippen LogP contribution in [0, 0.1) is 11.8 Å². The first-order valence-electron chi connectivity index (χ1n) is 9.61. The molecule has 1 saturated heterocycles. The lowest BCUT2D eigenvalue weighted by Gasteiger charge is -2.37. The van der Waals surface area contributed by atoms with Gasteiger partial charge in [0.05, 0.1) is 0 Å². The Morgan fingerprint density at radius 1 is 1.16 bits per heavy atom. The summed E-state index contributed by atoms with van der Waals surface area (Å²) in [5.41, 5.74) is 0. The molecule has 3 heterocycles. The monoisotopic (exact) mass is 460 g/mol. The molecule has 0 amide bonds. The van der Waals surface area contributed by atoms with Crippen LogP contribution in [0.4, 0.5) is 0 Å². The zero-order valence-corrected chi connectivity index (χ0v) is 18.2. The number of nitrogens with one attached hydrogen (secondary N) is 1. The van der Waals surface area contributed by atoms with Crippen LogP contribution in [-0.4, -0.2) is 45.3 Å². The van der Waals surface area contributed by atoms with Crippen molar-refractivity contribution >= 4 is 29.9 Å². The molecule has 1 aromatic heterocycles. The predicted molar refractivity (Wildman–Crippen MR) is 112 cm³/mol. The fraction of sp³-hybridized carbons (Fsp3) is 0.833. The summed E-state index contributed by atoms with van der Waals surface area (Å²) >= 11 is 0. The number of nitrogens with zero attached hydrogens (tertiary/aromatic N) is 5. The molecule has 142 valence electrons. The van der Waals surface area contributed by atoms with E-state index in [1.54, 1.807) is 0 Å². The molecule has 0 spiro atoms. The summed E-state index contributed by atoms with van der Waals surface area (Å²) in [5, 5.41) is 12.3. The molecule has 0 aromatic carbocycles. The van der Waals surface area contributed by atoms with Crippen LogP contribution in [0.2, 0.25) is 0 Å². The number of halogens is 1. The summed E-state index contributed by atoms with van der Waals surface area (Å²) in [5.74, 6) is 4.63. The van der Waals surface area contributed by atoms with Gasteiger partial charge < -0.3 is 14.8 Å². The van der Waals surface area contributed by atoms with Gasteiger partial charge in [0.15, 0.2) is 11.8 Å². The first kappa shape index (κ1) is 20.5. The number of guanidine groups is 1. The molecule has 2 aliphatic rings. The van der Waals surface area contributed by atoms with Crippen LogP contribution in [0.5, 0.6) is 0 Å². The van der Waals surface area contributed by atoms with Crippen LogP contribution in [0.3, 0.4) is 0 Å². The summed E-state index contributed by atoms with van der Waals surface area (Å²) in [6.45, 7) is 11.6. The van der Waals surface area contributed by atoms with E-state index in [1.807, 2.05) is 0 Å². The van der Waals surface area contributed by atoms with Crippen LogP contribution in [0.1, 0.15) is 58.1 Å². The molecule has 2 aliphatic heterocycles. The van der Waals surface area contributed by atoms with Gasteiger partial charge in [-0.1, -0.05) is 20.3 Å². The molecule has 25 heavy (non-hydrogen) atoms. The smallest absolute Gasteiger partial charge is 0.194 e. The van der Waals surface area contributed by atoms with E-state index in [2.05, 4.69) is 45.8 Å². The minimum absolute atomic E-state index is 0. The van der Waals surface area contributed by atoms with Crippen molar-refractivity contribution in [1.29, 1.82) is 0 Å². The maximum Gasteiger partial charge on any atom is 0.194 e. The van der Waals surface area contributed by atoms with Gasteiger partial charge in [-0.25, -0.2) is 4.99 Å². The summed E-state index contributed by atoms with van der Waals surface area (Å²) in [6, 6.07) is 0. The van der Waals surface area contributed by atoms with Gasteiger partial charge in [0.1, 0.15) is 12.4 Å². The summed E-state index contributed by atoms with van der Waals surface area (Å²) in [7, 11) is 0. The highest BCUT2D eigenvalue weighted by Crippen LogP contribution is 2.21. The average Bonchev–Trinajstić information content (AvgIpc) is 2.77. The van der Waals surface area contributed by atoms with Gasteiger partial charge in [0.2, 0.25) is 0 Å². The highest BCUT2D eigenvalue weighted by atomic mass is 127. The molecule has 0 radical (unpaired) electrons. The van der Waals surface area contributed by atoms with E-state index in [9.17, 15) is 0 Å². The second kappa shape index (κ2) is 9.73. The Morgan fingerprint density at radius 3 is 2.64 bits per heavy atom. The standard InChI is InChI=1S/C18H32N6.HI/c1-4-19-18(23-12-14(2)10-15(3)13-23)20-11-17-22-21-16-8-6-5-7-9-24(16)17;/h14-15H,4-13H2,1-3H3,(H,19,20);1H.